The number of likely N-dealkylation sites (N-methyl/N-ethyl adjacent to an activating group) is 1. The zero-order chi connectivity index (χ0) is 10.6. The maximum absolute atomic E-state index is 11.4. The number of hydrogen-bond acceptors (Lipinski definition) is 3. The monoisotopic (exact) mass is 195 g/mol. The summed E-state index contributed by atoms with van der Waals surface area (Å²) in [6.07, 6.45) is 3.10. The molecule has 1 aliphatic rings. The average Bonchev–Trinajstić information content (AvgIpc) is 2.18. The molecule has 1 amide bonds. The van der Waals surface area contributed by atoms with Crippen LogP contribution in [0.1, 0.15) is 19.3 Å². The normalized spacial score (nSPS) is 22.8. The van der Waals surface area contributed by atoms with E-state index >= 15 is 0 Å². The van der Waals surface area contributed by atoms with Crippen LogP contribution >= 0.6 is 0 Å². The molecule has 0 aromatic rings. The summed E-state index contributed by atoms with van der Waals surface area (Å²) in [4.78, 5) is 15.0. The van der Waals surface area contributed by atoms with E-state index in [2.05, 4.69) is 6.07 Å². The molecule has 0 spiro atoms. The summed E-state index contributed by atoms with van der Waals surface area (Å²) in [5.74, 6) is 0.0761. The molecule has 0 bridgehead atoms. The third-order valence-corrected chi connectivity index (χ3v) is 2.60. The first-order valence-electron chi connectivity index (χ1n) is 4.99. The lowest BCUT2D eigenvalue weighted by atomic mass is 10.0. The Morgan fingerprint density at radius 2 is 2.29 bits per heavy atom. The first-order chi connectivity index (χ1) is 6.65. The number of carbonyl (C=O) groups is 1. The predicted octanol–water partition coefficient (Wildman–Crippen LogP) is 0.453. The van der Waals surface area contributed by atoms with Crippen LogP contribution in [-0.4, -0.2) is 48.9 Å². The fourth-order valence-corrected chi connectivity index (χ4v) is 1.64. The molecule has 0 aromatic heterocycles. The average molecular weight is 195 g/mol. The zero-order valence-electron chi connectivity index (χ0n) is 8.86. The van der Waals surface area contributed by atoms with Crippen LogP contribution in [0.3, 0.4) is 0 Å². The van der Waals surface area contributed by atoms with Gasteiger partial charge < -0.3 is 4.90 Å². The highest BCUT2D eigenvalue weighted by atomic mass is 16.2. The zero-order valence-corrected chi connectivity index (χ0v) is 8.86. The third-order valence-electron chi connectivity index (χ3n) is 2.60. The van der Waals surface area contributed by atoms with E-state index in [4.69, 9.17) is 5.26 Å². The Kier molecular flexibility index (Phi) is 3.90. The third kappa shape index (κ3) is 2.71. The summed E-state index contributed by atoms with van der Waals surface area (Å²) < 4.78 is 0. The van der Waals surface area contributed by atoms with Gasteiger partial charge in [-0.25, -0.2) is 0 Å². The Balaban J connectivity index is 2.49. The van der Waals surface area contributed by atoms with Crippen LogP contribution in [0.5, 0.6) is 0 Å². The number of piperidine rings is 1. The lowest BCUT2D eigenvalue weighted by Gasteiger charge is -2.31. The second-order valence-corrected chi connectivity index (χ2v) is 3.90. The van der Waals surface area contributed by atoms with E-state index in [1.165, 1.54) is 0 Å². The van der Waals surface area contributed by atoms with E-state index in [9.17, 15) is 4.79 Å². The van der Waals surface area contributed by atoms with Gasteiger partial charge in [0, 0.05) is 14.1 Å². The van der Waals surface area contributed by atoms with Crippen molar-refractivity contribution in [3.63, 3.8) is 0 Å². The molecule has 1 unspecified atom stereocenters. The van der Waals surface area contributed by atoms with Crippen molar-refractivity contribution in [1.82, 2.24) is 9.80 Å². The number of likely N-dealkylation sites (tertiary alicyclic amines) is 1. The molecule has 1 rings (SSSR count). The summed E-state index contributed by atoms with van der Waals surface area (Å²) in [5.41, 5.74) is 0. The standard InChI is InChI=1S/C10H17N3O/c1-12(2)10(14)8-13-6-4-3-5-9(13)7-11/h9H,3-6,8H2,1-2H3. The Morgan fingerprint density at radius 3 is 2.86 bits per heavy atom. The minimum atomic E-state index is -0.0624. The Hall–Kier alpha value is -1.08. The lowest BCUT2D eigenvalue weighted by molar-refractivity contribution is -0.130. The first kappa shape index (κ1) is 11.0. The number of nitrogens with zero attached hydrogens (tertiary/aromatic N) is 3. The van der Waals surface area contributed by atoms with Crippen LogP contribution in [0.4, 0.5) is 0 Å². The van der Waals surface area contributed by atoms with Gasteiger partial charge in [0.05, 0.1) is 18.7 Å². The van der Waals surface area contributed by atoms with Crippen molar-refractivity contribution in [2.45, 2.75) is 25.3 Å². The molecule has 1 aliphatic heterocycles. The molecule has 78 valence electrons. The molecule has 0 saturated carbocycles. The molecule has 4 heteroatoms. The van der Waals surface area contributed by atoms with Gasteiger partial charge in [-0.1, -0.05) is 0 Å². The summed E-state index contributed by atoms with van der Waals surface area (Å²) in [7, 11) is 3.49. The quantitative estimate of drug-likeness (QED) is 0.643. The van der Waals surface area contributed by atoms with Crippen LogP contribution < -0.4 is 0 Å². The number of amides is 1. The molecule has 4 nitrogen and oxygen atoms in total. The first-order valence-corrected chi connectivity index (χ1v) is 4.99. The fourth-order valence-electron chi connectivity index (χ4n) is 1.64. The number of rotatable bonds is 2. The van der Waals surface area contributed by atoms with E-state index in [-0.39, 0.29) is 11.9 Å². The van der Waals surface area contributed by atoms with E-state index in [0.717, 1.165) is 25.8 Å². The molecule has 1 saturated heterocycles. The SMILES string of the molecule is CN(C)C(=O)CN1CCCCC1C#N. The molecule has 0 radical (unpaired) electrons. The second-order valence-electron chi connectivity index (χ2n) is 3.90. The Bertz CT molecular complexity index is 244. The topological polar surface area (TPSA) is 47.3 Å². The maximum atomic E-state index is 11.4. The van der Waals surface area contributed by atoms with Gasteiger partial charge in [0.25, 0.3) is 0 Å². The van der Waals surface area contributed by atoms with Crippen molar-refractivity contribution in [2.75, 3.05) is 27.2 Å². The number of hydrogen-bond donors (Lipinski definition) is 0. The van der Waals surface area contributed by atoms with Crippen molar-refractivity contribution >= 4 is 5.91 Å². The van der Waals surface area contributed by atoms with E-state index < -0.39 is 0 Å². The van der Waals surface area contributed by atoms with Gasteiger partial charge in [-0.15, -0.1) is 0 Å². The highest BCUT2D eigenvalue weighted by Gasteiger charge is 2.24. The van der Waals surface area contributed by atoms with E-state index in [0.29, 0.717) is 6.54 Å². The molecular weight excluding hydrogens is 178 g/mol. The maximum Gasteiger partial charge on any atom is 0.236 e. The molecule has 0 N–H and O–H groups in total. The van der Waals surface area contributed by atoms with Crippen molar-refractivity contribution in [1.29, 1.82) is 5.26 Å². The molecular formula is C10H17N3O. The summed E-state index contributed by atoms with van der Waals surface area (Å²) in [6, 6.07) is 2.19. The lowest BCUT2D eigenvalue weighted by Crippen LogP contribution is -2.44. The van der Waals surface area contributed by atoms with Crippen molar-refractivity contribution in [3.05, 3.63) is 0 Å². The van der Waals surface area contributed by atoms with Gasteiger partial charge in [-0.3, -0.25) is 9.69 Å². The van der Waals surface area contributed by atoms with Gasteiger partial charge in [0.2, 0.25) is 5.91 Å². The highest BCUT2D eigenvalue weighted by Crippen LogP contribution is 2.15. The van der Waals surface area contributed by atoms with Gasteiger partial charge in [-0.2, -0.15) is 5.26 Å². The smallest absolute Gasteiger partial charge is 0.236 e. The van der Waals surface area contributed by atoms with Crippen LogP contribution in [-0.2, 0) is 4.79 Å². The molecule has 14 heavy (non-hydrogen) atoms. The summed E-state index contributed by atoms with van der Waals surface area (Å²) in [5, 5.41) is 8.90. The molecule has 1 atom stereocenters. The van der Waals surface area contributed by atoms with Crippen molar-refractivity contribution in [2.24, 2.45) is 0 Å². The van der Waals surface area contributed by atoms with Crippen molar-refractivity contribution in [3.8, 4) is 6.07 Å². The molecule has 0 aliphatic carbocycles. The van der Waals surface area contributed by atoms with Crippen molar-refractivity contribution < 1.29 is 4.79 Å². The van der Waals surface area contributed by atoms with Gasteiger partial charge in [-0.05, 0) is 25.8 Å². The van der Waals surface area contributed by atoms with Crippen LogP contribution in [0.2, 0.25) is 0 Å². The minimum Gasteiger partial charge on any atom is -0.348 e. The van der Waals surface area contributed by atoms with Gasteiger partial charge in [0.15, 0.2) is 0 Å². The fraction of sp³-hybridized carbons (Fsp3) is 0.800. The molecule has 1 fully saturated rings. The number of carbonyl (C=O) groups excluding carboxylic acids is 1. The second kappa shape index (κ2) is 4.97. The van der Waals surface area contributed by atoms with E-state index in [1.807, 2.05) is 4.90 Å². The van der Waals surface area contributed by atoms with Gasteiger partial charge >= 0.3 is 0 Å². The Labute approximate surface area is 85.1 Å². The van der Waals surface area contributed by atoms with Crippen LogP contribution in [0.25, 0.3) is 0 Å². The highest BCUT2D eigenvalue weighted by molar-refractivity contribution is 5.77. The van der Waals surface area contributed by atoms with E-state index in [1.54, 1.807) is 19.0 Å². The number of nitriles is 1. The summed E-state index contributed by atoms with van der Waals surface area (Å²) >= 11 is 0. The molecule has 0 aromatic carbocycles. The predicted molar refractivity (Wildman–Crippen MR) is 53.5 cm³/mol. The largest absolute Gasteiger partial charge is 0.348 e. The van der Waals surface area contributed by atoms with Gasteiger partial charge in [0.1, 0.15) is 0 Å². The Morgan fingerprint density at radius 1 is 1.57 bits per heavy atom. The van der Waals surface area contributed by atoms with Crippen LogP contribution in [0, 0.1) is 11.3 Å². The molecule has 1 heterocycles. The van der Waals surface area contributed by atoms with Crippen LogP contribution in [0.15, 0.2) is 0 Å². The summed E-state index contributed by atoms with van der Waals surface area (Å²) in [6.45, 7) is 1.25. The minimum absolute atomic E-state index is 0.0624.